The van der Waals surface area contributed by atoms with Gasteiger partial charge in [0.1, 0.15) is 0 Å². The first-order valence-corrected chi connectivity index (χ1v) is 6.85. The van der Waals surface area contributed by atoms with Crippen molar-refractivity contribution < 1.29 is 14.7 Å². The van der Waals surface area contributed by atoms with Gasteiger partial charge in [-0.05, 0) is 18.8 Å². The van der Waals surface area contributed by atoms with Crippen molar-refractivity contribution in [3.8, 4) is 0 Å². The maximum Gasteiger partial charge on any atom is 0.315 e. The molecule has 1 fully saturated rings. The average Bonchev–Trinajstić information content (AvgIpc) is 3.09. The van der Waals surface area contributed by atoms with E-state index in [0.29, 0.717) is 5.69 Å². The van der Waals surface area contributed by atoms with Gasteiger partial charge in [0.15, 0.2) is 0 Å². The molecule has 1 aliphatic rings. The van der Waals surface area contributed by atoms with Crippen molar-refractivity contribution in [1.82, 2.24) is 15.6 Å². The lowest BCUT2D eigenvalue weighted by atomic mass is 10.1. The minimum atomic E-state index is -0.917. The fraction of sp³-hybridized carbons (Fsp3) is 0.545. The van der Waals surface area contributed by atoms with Crippen LogP contribution in [0.15, 0.2) is 10.2 Å². The normalized spacial score (nSPS) is 15.8. The van der Waals surface area contributed by atoms with Crippen LogP contribution in [0.3, 0.4) is 0 Å². The van der Waals surface area contributed by atoms with E-state index in [1.165, 1.54) is 0 Å². The van der Waals surface area contributed by atoms with Gasteiger partial charge < -0.3 is 20.7 Å². The van der Waals surface area contributed by atoms with E-state index in [2.05, 4.69) is 15.6 Å². The Labute approximate surface area is 113 Å². The Kier molecular flexibility index (Phi) is 4.20. The third-order valence-electron chi connectivity index (χ3n) is 2.91. The van der Waals surface area contributed by atoms with Gasteiger partial charge in [0.25, 0.3) is 0 Å². The van der Waals surface area contributed by atoms with E-state index in [-0.39, 0.29) is 29.8 Å². The molecular weight excluding hydrogens is 270 g/mol. The summed E-state index contributed by atoms with van der Waals surface area (Å²) in [5, 5.41) is 15.7. The number of hydrogen-bond donors (Lipinski definition) is 4. The van der Waals surface area contributed by atoms with Gasteiger partial charge >= 0.3 is 16.9 Å². The average molecular weight is 285 g/mol. The molecule has 104 valence electrons. The molecule has 0 aromatic carbocycles. The van der Waals surface area contributed by atoms with Crippen LogP contribution in [0.2, 0.25) is 0 Å². The Morgan fingerprint density at radius 3 is 2.79 bits per heavy atom. The van der Waals surface area contributed by atoms with Gasteiger partial charge in [-0.25, -0.2) is 4.79 Å². The fourth-order valence-corrected chi connectivity index (χ4v) is 2.40. The Morgan fingerprint density at radius 2 is 2.26 bits per heavy atom. The smallest absolute Gasteiger partial charge is 0.315 e. The van der Waals surface area contributed by atoms with Crippen LogP contribution in [0.1, 0.15) is 25.0 Å². The number of aliphatic carboxylic acids is 1. The van der Waals surface area contributed by atoms with E-state index < -0.39 is 12.0 Å². The quantitative estimate of drug-likeness (QED) is 0.609. The van der Waals surface area contributed by atoms with Crippen LogP contribution in [-0.2, 0) is 11.3 Å². The molecule has 0 aliphatic heterocycles. The number of thiazole rings is 1. The largest absolute Gasteiger partial charge is 0.481 e. The molecule has 1 aromatic heterocycles. The number of aromatic amines is 1. The van der Waals surface area contributed by atoms with E-state index in [0.717, 1.165) is 24.2 Å². The van der Waals surface area contributed by atoms with E-state index >= 15 is 0 Å². The van der Waals surface area contributed by atoms with E-state index in [9.17, 15) is 14.4 Å². The number of carbonyl (C=O) groups excluding carboxylic acids is 1. The SMILES string of the molecule is O=C(O)CC(NC(=O)NCc1csc(=O)[nH]1)C1CC1. The van der Waals surface area contributed by atoms with Gasteiger partial charge in [0.2, 0.25) is 0 Å². The molecule has 1 atom stereocenters. The molecule has 19 heavy (non-hydrogen) atoms. The minimum absolute atomic E-state index is 0.0621. The van der Waals surface area contributed by atoms with Crippen LogP contribution in [0.4, 0.5) is 4.79 Å². The number of nitrogens with one attached hydrogen (secondary N) is 3. The van der Waals surface area contributed by atoms with E-state index in [4.69, 9.17) is 5.11 Å². The van der Waals surface area contributed by atoms with Gasteiger partial charge in [-0.1, -0.05) is 11.3 Å². The second kappa shape index (κ2) is 5.87. The Bertz CT molecular complexity index is 520. The molecule has 0 saturated heterocycles. The van der Waals surface area contributed by atoms with E-state index in [1.54, 1.807) is 5.38 Å². The lowest BCUT2D eigenvalue weighted by Gasteiger charge is -2.16. The molecule has 0 radical (unpaired) electrons. The van der Waals surface area contributed by atoms with Gasteiger partial charge in [-0.2, -0.15) is 0 Å². The highest BCUT2D eigenvalue weighted by molar-refractivity contribution is 7.07. The molecule has 0 bridgehead atoms. The summed E-state index contributed by atoms with van der Waals surface area (Å²) in [6.45, 7) is 0.217. The number of hydrogen-bond acceptors (Lipinski definition) is 4. The zero-order chi connectivity index (χ0) is 13.8. The summed E-state index contributed by atoms with van der Waals surface area (Å²) in [5.74, 6) is -0.651. The van der Waals surface area contributed by atoms with Crippen molar-refractivity contribution in [1.29, 1.82) is 0 Å². The highest BCUT2D eigenvalue weighted by Crippen LogP contribution is 2.33. The van der Waals surface area contributed by atoms with E-state index in [1.807, 2.05) is 0 Å². The molecule has 1 saturated carbocycles. The number of aromatic nitrogens is 1. The Balaban J connectivity index is 1.78. The van der Waals surface area contributed by atoms with Crippen LogP contribution >= 0.6 is 11.3 Å². The van der Waals surface area contributed by atoms with Crippen molar-refractivity contribution in [3.05, 3.63) is 20.7 Å². The summed E-state index contributed by atoms with van der Waals surface area (Å²) in [6.07, 6.45) is 1.85. The summed E-state index contributed by atoms with van der Waals surface area (Å²) < 4.78 is 0. The molecule has 8 heteroatoms. The number of amides is 2. The second-order valence-corrected chi connectivity index (χ2v) is 5.38. The van der Waals surface area contributed by atoms with Crippen LogP contribution < -0.4 is 15.5 Å². The first-order valence-electron chi connectivity index (χ1n) is 5.97. The number of carbonyl (C=O) groups is 2. The minimum Gasteiger partial charge on any atom is -0.481 e. The lowest BCUT2D eigenvalue weighted by molar-refractivity contribution is -0.137. The highest BCUT2D eigenvalue weighted by atomic mass is 32.1. The van der Waals surface area contributed by atoms with Crippen LogP contribution in [-0.4, -0.2) is 28.1 Å². The number of urea groups is 1. The fourth-order valence-electron chi connectivity index (χ4n) is 1.82. The molecule has 1 heterocycles. The number of carboxylic acid groups (broad SMARTS) is 1. The standard InChI is InChI=1S/C11H15N3O4S/c15-9(16)3-8(6-1-2-6)14-10(17)12-4-7-5-19-11(18)13-7/h5-6,8H,1-4H2,(H,13,18)(H,15,16)(H2,12,14,17). The molecule has 1 aromatic rings. The third kappa shape index (κ3) is 4.40. The van der Waals surface area contributed by atoms with Gasteiger partial charge in [-0.15, -0.1) is 0 Å². The highest BCUT2D eigenvalue weighted by Gasteiger charge is 2.33. The second-order valence-electron chi connectivity index (χ2n) is 4.54. The molecule has 7 nitrogen and oxygen atoms in total. The Hall–Kier alpha value is -1.83. The van der Waals surface area contributed by atoms with Crippen molar-refractivity contribution in [2.75, 3.05) is 0 Å². The lowest BCUT2D eigenvalue weighted by Crippen LogP contribution is -2.43. The molecule has 0 spiro atoms. The maximum atomic E-state index is 11.6. The maximum absolute atomic E-state index is 11.6. The molecule has 4 N–H and O–H groups in total. The van der Waals surface area contributed by atoms with Gasteiger partial charge in [0, 0.05) is 17.1 Å². The summed E-state index contributed by atoms with van der Waals surface area (Å²) in [4.78, 5) is 35.7. The number of H-pyrrole nitrogens is 1. The number of rotatable bonds is 6. The predicted molar refractivity (Wildman–Crippen MR) is 69.1 cm³/mol. The summed E-state index contributed by atoms with van der Waals surface area (Å²) >= 11 is 1.03. The van der Waals surface area contributed by atoms with Crippen molar-refractivity contribution >= 4 is 23.3 Å². The molecule has 2 amide bonds. The van der Waals surface area contributed by atoms with Crippen LogP contribution in [0.5, 0.6) is 0 Å². The van der Waals surface area contributed by atoms with Crippen LogP contribution in [0.25, 0.3) is 0 Å². The van der Waals surface area contributed by atoms with Crippen molar-refractivity contribution in [2.24, 2.45) is 5.92 Å². The number of carboxylic acids is 1. The van der Waals surface area contributed by atoms with Crippen molar-refractivity contribution in [3.63, 3.8) is 0 Å². The monoisotopic (exact) mass is 285 g/mol. The summed E-state index contributed by atoms with van der Waals surface area (Å²) in [7, 11) is 0. The first kappa shape index (κ1) is 13.6. The topological polar surface area (TPSA) is 111 Å². The van der Waals surface area contributed by atoms with Gasteiger partial charge in [0.05, 0.1) is 13.0 Å². The molecule has 1 unspecified atom stereocenters. The van der Waals surface area contributed by atoms with Crippen molar-refractivity contribution in [2.45, 2.75) is 31.8 Å². The van der Waals surface area contributed by atoms with Crippen LogP contribution in [0, 0.1) is 5.92 Å². The zero-order valence-electron chi connectivity index (χ0n) is 10.1. The molecule has 2 rings (SSSR count). The predicted octanol–water partition coefficient (Wildman–Crippen LogP) is 0.489. The molecule has 1 aliphatic carbocycles. The summed E-state index contributed by atoms with van der Waals surface area (Å²) in [5.41, 5.74) is 0.631. The third-order valence-corrected chi connectivity index (χ3v) is 3.63. The Morgan fingerprint density at radius 1 is 1.53 bits per heavy atom. The summed E-state index contributed by atoms with van der Waals surface area (Å²) in [6, 6.07) is -0.732. The van der Waals surface area contributed by atoms with Gasteiger partial charge in [-0.3, -0.25) is 9.59 Å². The molecular formula is C11H15N3O4S. The first-order chi connectivity index (χ1) is 9.04. The zero-order valence-corrected chi connectivity index (χ0v) is 11.0.